The van der Waals surface area contributed by atoms with Crippen LogP contribution < -0.4 is 5.56 Å². The van der Waals surface area contributed by atoms with Gasteiger partial charge < -0.3 is 0 Å². The number of hydrogen-bond acceptors (Lipinski definition) is 4. The first-order valence-electron chi connectivity index (χ1n) is 8.36. The summed E-state index contributed by atoms with van der Waals surface area (Å²) in [6.45, 7) is 5.59. The number of carbonyl (C=O) groups is 1. The number of benzene rings is 2. The molecule has 26 heavy (non-hydrogen) atoms. The number of thioether (sulfide) groups is 1. The Balaban J connectivity index is 1.99. The van der Waals surface area contributed by atoms with Gasteiger partial charge in [0.05, 0.1) is 16.2 Å². The Morgan fingerprint density at radius 2 is 1.73 bits per heavy atom. The van der Waals surface area contributed by atoms with Crippen LogP contribution >= 0.6 is 11.8 Å². The lowest BCUT2D eigenvalue weighted by atomic mass is 10.1. The Morgan fingerprint density at radius 1 is 1.08 bits per heavy atom. The smallest absolute Gasteiger partial charge is 0.262 e. The fourth-order valence-electron chi connectivity index (χ4n) is 2.72. The van der Waals surface area contributed by atoms with Gasteiger partial charge in [-0.1, -0.05) is 23.9 Å². The Hall–Kier alpha value is -2.47. The molecule has 1 atom stereocenters. The summed E-state index contributed by atoms with van der Waals surface area (Å²) in [5, 5.41) is 0.605. The molecular weight excluding hydrogens is 351 g/mol. The van der Waals surface area contributed by atoms with E-state index in [-0.39, 0.29) is 23.2 Å². The maximum absolute atomic E-state index is 13.1. The number of fused-ring (bicyclic) bond motifs is 1. The van der Waals surface area contributed by atoms with Crippen LogP contribution in [0.4, 0.5) is 4.39 Å². The number of rotatable bonds is 5. The molecule has 134 valence electrons. The van der Waals surface area contributed by atoms with Crippen molar-refractivity contribution < 1.29 is 9.18 Å². The number of halogens is 1. The predicted octanol–water partition coefficient (Wildman–Crippen LogP) is 4.48. The van der Waals surface area contributed by atoms with Crippen molar-refractivity contribution in [1.29, 1.82) is 0 Å². The lowest BCUT2D eigenvalue weighted by Gasteiger charge is -2.18. The third-order valence-corrected chi connectivity index (χ3v) is 5.14. The molecule has 0 saturated heterocycles. The molecule has 0 spiro atoms. The van der Waals surface area contributed by atoms with Gasteiger partial charge in [-0.3, -0.25) is 14.2 Å². The molecule has 0 aliphatic rings. The number of hydrogen-bond donors (Lipinski definition) is 0. The standard InChI is InChI=1S/C20H19FN2O2S/c1-12(2)23-19(25)16-6-4-5-7-17(16)22-20(23)26-13(3)18(24)14-8-10-15(21)11-9-14/h4-13H,1-3H3/t13-/m1/s1. The Morgan fingerprint density at radius 3 is 2.38 bits per heavy atom. The van der Waals surface area contributed by atoms with E-state index in [2.05, 4.69) is 4.98 Å². The molecule has 0 aliphatic carbocycles. The molecule has 0 fully saturated rings. The van der Waals surface area contributed by atoms with E-state index in [9.17, 15) is 14.0 Å². The zero-order valence-corrected chi connectivity index (χ0v) is 15.6. The average molecular weight is 370 g/mol. The van der Waals surface area contributed by atoms with Crippen molar-refractivity contribution in [3.05, 3.63) is 70.3 Å². The van der Waals surface area contributed by atoms with Crippen LogP contribution in [0.25, 0.3) is 10.9 Å². The van der Waals surface area contributed by atoms with E-state index >= 15 is 0 Å². The SMILES string of the molecule is CC(C)n1c(S[C@H](C)C(=O)c2ccc(F)cc2)nc2ccccc2c1=O. The predicted molar refractivity (Wildman–Crippen MR) is 102 cm³/mol. The van der Waals surface area contributed by atoms with E-state index in [4.69, 9.17) is 0 Å². The van der Waals surface area contributed by atoms with E-state index < -0.39 is 5.25 Å². The van der Waals surface area contributed by atoms with Crippen LogP contribution in [0.5, 0.6) is 0 Å². The van der Waals surface area contributed by atoms with Gasteiger partial charge >= 0.3 is 0 Å². The van der Waals surface area contributed by atoms with Gasteiger partial charge in [0, 0.05) is 11.6 Å². The molecule has 6 heteroatoms. The quantitative estimate of drug-likeness (QED) is 0.377. The molecule has 0 aliphatic heterocycles. The molecule has 0 N–H and O–H groups in total. The van der Waals surface area contributed by atoms with Gasteiger partial charge in [0.1, 0.15) is 5.82 Å². The summed E-state index contributed by atoms with van der Waals surface area (Å²) < 4.78 is 14.7. The molecule has 0 bridgehead atoms. The normalized spacial score (nSPS) is 12.5. The minimum Gasteiger partial charge on any atom is -0.293 e. The zero-order chi connectivity index (χ0) is 18.8. The Bertz CT molecular complexity index is 1010. The van der Waals surface area contributed by atoms with Crippen LogP contribution in [-0.2, 0) is 0 Å². The fourth-order valence-corrected chi connectivity index (χ4v) is 3.84. The highest BCUT2D eigenvalue weighted by Gasteiger charge is 2.21. The lowest BCUT2D eigenvalue weighted by Crippen LogP contribution is -2.26. The van der Waals surface area contributed by atoms with Crippen LogP contribution in [-0.4, -0.2) is 20.6 Å². The second-order valence-electron chi connectivity index (χ2n) is 6.31. The Labute approximate surface area is 155 Å². The van der Waals surface area contributed by atoms with Crippen LogP contribution in [0.1, 0.15) is 37.2 Å². The maximum atomic E-state index is 13.1. The third-order valence-electron chi connectivity index (χ3n) is 4.07. The van der Waals surface area contributed by atoms with Crippen molar-refractivity contribution in [3.63, 3.8) is 0 Å². The summed E-state index contributed by atoms with van der Waals surface area (Å²) in [7, 11) is 0. The first kappa shape index (κ1) is 18.3. The van der Waals surface area contributed by atoms with E-state index in [0.29, 0.717) is 21.6 Å². The number of aromatic nitrogens is 2. The maximum Gasteiger partial charge on any atom is 0.262 e. The second-order valence-corrected chi connectivity index (χ2v) is 7.62. The molecule has 3 rings (SSSR count). The highest BCUT2D eigenvalue weighted by atomic mass is 32.2. The molecule has 0 radical (unpaired) electrons. The first-order valence-corrected chi connectivity index (χ1v) is 9.24. The Kier molecular flexibility index (Phi) is 5.23. The number of Topliss-reactive ketones (excluding diaryl/α,β-unsaturated/α-hetero) is 1. The molecular formula is C20H19FN2O2S. The minimum atomic E-state index is -0.460. The van der Waals surface area contributed by atoms with Crippen molar-refractivity contribution in [2.24, 2.45) is 0 Å². The molecule has 0 unspecified atom stereocenters. The third kappa shape index (κ3) is 3.55. The second kappa shape index (κ2) is 7.41. The fraction of sp³-hybridized carbons (Fsp3) is 0.250. The van der Waals surface area contributed by atoms with Crippen molar-refractivity contribution in [1.82, 2.24) is 9.55 Å². The van der Waals surface area contributed by atoms with Crippen molar-refractivity contribution in [3.8, 4) is 0 Å². The van der Waals surface area contributed by atoms with Crippen molar-refractivity contribution in [2.75, 3.05) is 0 Å². The molecule has 1 aromatic heterocycles. The minimum absolute atomic E-state index is 0.0878. The van der Waals surface area contributed by atoms with Crippen molar-refractivity contribution in [2.45, 2.75) is 37.2 Å². The van der Waals surface area contributed by atoms with Gasteiger partial charge in [0.15, 0.2) is 10.9 Å². The summed E-state index contributed by atoms with van der Waals surface area (Å²) in [5.74, 6) is -0.514. The average Bonchev–Trinajstić information content (AvgIpc) is 2.61. The van der Waals surface area contributed by atoms with Gasteiger partial charge in [-0.2, -0.15) is 0 Å². The molecule has 4 nitrogen and oxygen atoms in total. The number of para-hydroxylation sites is 1. The van der Waals surface area contributed by atoms with Crippen LogP contribution in [0, 0.1) is 5.82 Å². The number of nitrogens with zero attached hydrogens (tertiary/aromatic N) is 2. The van der Waals surface area contributed by atoms with Gasteiger partial charge in [-0.05, 0) is 57.2 Å². The summed E-state index contributed by atoms with van der Waals surface area (Å²) in [4.78, 5) is 30.1. The molecule has 0 saturated carbocycles. The van der Waals surface area contributed by atoms with E-state index in [1.807, 2.05) is 26.0 Å². The number of ketones is 1. The van der Waals surface area contributed by atoms with Crippen LogP contribution in [0.3, 0.4) is 0 Å². The monoisotopic (exact) mass is 370 g/mol. The van der Waals surface area contributed by atoms with E-state index in [1.54, 1.807) is 23.6 Å². The number of carbonyl (C=O) groups excluding carboxylic acids is 1. The van der Waals surface area contributed by atoms with Gasteiger partial charge in [0.2, 0.25) is 0 Å². The van der Waals surface area contributed by atoms with Gasteiger partial charge in [-0.25, -0.2) is 9.37 Å². The summed E-state index contributed by atoms with van der Waals surface area (Å²) >= 11 is 1.24. The topological polar surface area (TPSA) is 52.0 Å². The summed E-state index contributed by atoms with van der Waals surface area (Å²) in [6.07, 6.45) is 0. The van der Waals surface area contributed by atoms with E-state index in [1.165, 1.54) is 36.0 Å². The largest absolute Gasteiger partial charge is 0.293 e. The first-order chi connectivity index (χ1) is 12.4. The van der Waals surface area contributed by atoms with Crippen LogP contribution in [0.15, 0.2) is 58.5 Å². The highest BCUT2D eigenvalue weighted by molar-refractivity contribution is 8.00. The molecule has 0 amide bonds. The zero-order valence-electron chi connectivity index (χ0n) is 14.8. The summed E-state index contributed by atoms with van der Waals surface area (Å²) in [5.41, 5.74) is 0.929. The molecule has 3 aromatic rings. The van der Waals surface area contributed by atoms with Crippen molar-refractivity contribution >= 4 is 28.4 Å². The van der Waals surface area contributed by atoms with Crippen LogP contribution in [0.2, 0.25) is 0 Å². The van der Waals surface area contributed by atoms with Gasteiger partial charge in [0.25, 0.3) is 5.56 Å². The summed E-state index contributed by atoms with van der Waals surface area (Å²) in [6, 6.07) is 12.6. The molecule has 1 heterocycles. The van der Waals surface area contributed by atoms with Gasteiger partial charge in [-0.15, -0.1) is 0 Å². The molecule has 2 aromatic carbocycles. The van der Waals surface area contributed by atoms with E-state index in [0.717, 1.165) is 0 Å². The highest BCUT2D eigenvalue weighted by Crippen LogP contribution is 2.26. The lowest BCUT2D eigenvalue weighted by molar-refractivity contribution is 0.0993.